The van der Waals surface area contributed by atoms with E-state index in [9.17, 15) is 0 Å². The lowest BCUT2D eigenvalue weighted by atomic mass is 10.3. The van der Waals surface area contributed by atoms with Crippen molar-refractivity contribution in [3.8, 4) is 11.8 Å². The number of ether oxygens (including phenoxy) is 1. The molecule has 1 heterocycles. The molecule has 3 nitrogen and oxygen atoms in total. The Kier molecular flexibility index (Phi) is 5.87. The van der Waals surface area contributed by atoms with Gasteiger partial charge < -0.3 is 10.5 Å². The maximum absolute atomic E-state index is 5.65. The van der Waals surface area contributed by atoms with Gasteiger partial charge in [0.15, 0.2) is 0 Å². The van der Waals surface area contributed by atoms with Crippen LogP contribution < -0.4 is 5.73 Å². The fourth-order valence-corrected chi connectivity index (χ4v) is 2.68. The van der Waals surface area contributed by atoms with E-state index in [4.69, 9.17) is 10.5 Å². The maximum Gasteiger partial charge on any atom is 0.0593 e. The van der Waals surface area contributed by atoms with Gasteiger partial charge in [0, 0.05) is 35.5 Å². The van der Waals surface area contributed by atoms with Crippen molar-refractivity contribution in [3.63, 3.8) is 0 Å². The Balaban J connectivity index is 1.65. The minimum atomic E-state index is 0.420. The van der Waals surface area contributed by atoms with E-state index >= 15 is 0 Å². The molecule has 0 aliphatic heterocycles. The van der Waals surface area contributed by atoms with Gasteiger partial charge in [-0.2, -0.15) is 0 Å². The molecular formula is C15H22N2OS. The summed E-state index contributed by atoms with van der Waals surface area (Å²) in [6.45, 7) is 4.14. The Bertz CT molecular complexity index is 442. The van der Waals surface area contributed by atoms with Crippen molar-refractivity contribution in [1.29, 1.82) is 0 Å². The summed E-state index contributed by atoms with van der Waals surface area (Å²) >= 11 is 1.76. The van der Waals surface area contributed by atoms with Crippen molar-refractivity contribution in [2.45, 2.75) is 19.4 Å². The Labute approximate surface area is 119 Å². The summed E-state index contributed by atoms with van der Waals surface area (Å²) < 4.78 is 5.65. The van der Waals surface area contributed by atoms with Crippen LogP contribution in [0.2, 0.25) is 0 Å². The third-order valence-corrected chi connectivity index (χ3v) is 4.00. The van der Waals surface area contributed by atoms with Crippen molar-refractivity contribution in [3.05, 3.63) is 21.9 Å². The molecule has 1 aromatic heterocycles. The predicted octanol–water partition coefficient (Wildman–Crippen LogP) is 1.92. The number of nitrogens with two attached hydrogens (primary N) is 1. The fraction of sp³-hybridized carbons (Fsp3) is 0.600. The van der Waals surface area contributed by atoms with Gasteiger partial charge in [0.25, 0.3) is 0 Å². The molecule has 104 valence electrons. The molecule has 0 spiro atoms. The molecule has 1 aliphatic carbocycles. The van der Waals surface area contributed by atoms with Crippen LogP contribution >= 0.6 is 11.3 Å². The van der Waals surface area contributed by atoms with Crippen LogP contribution in [0.15, 0.2) is 11.4 Å². The van der Waals surface area contributed by atoms with Crippen LogP contribution in [0, 0.1) is 17.8 Å². The number of hydrogen-bond acceptors (Lipinski definition) is 4. The van der Waals surface area contributed by atoms with Crippen LogP contribution in [-0.4, -0.2) is 38.3 Å². The molecule has 2 N–H and O–H groups in total. The number of hydrogen-bond donors (Lipinski definition) is 1. The van der Waals surface area contributed by atoms with E-state index in [2.05, 4.69) is 35.2 Å². The molecule has 19 heavy (non-hydrogen) atoms. The molecule has 4 heteroatoms. The second-order valence-corrected chi connectivity index (χ2v) is 6.06. The summed E-state index contributed by atoms with van der Waals surface area (Å²) in [7, 11) is 2.13. The third kappa shape index (κ3) is 5.75. The van der Waals surface area contributed by atoms with E-state index in [0.717, 1.165) is 37.8 Å². The standard InChI is InChI=1S/C15H22N2OS/c1-17(7-8-18-11-13-4-5-13)10-15-9-14(12-19-15)3-2-6-16/h9,12-13H,4-8,10-11,16H2,1H3. The molecule has 0 radical (unpaired) electrons. The first kappa shape index (κ1) is 14.5. The summed E-state index contributed by atoms with van der Waals surface area (Å²) in [4.78, 5) is 3.63. The molecule has 0 amide bonds. The molecule has 0 aromatic carbocycles. The highest BCUT2D eigenvalue weighted by molar-refractivity contribution is 7.10. The lowest BCUT2D eigenvalue weighted by Crippen LogP contribution is -2.22. The summed E-state index contributed by atoms with van der Waals surface area (Å²) in [5.74, 6) is 6.80. The Hall–Kier alpha value is -0.860. The highest BCUT2D eigenvalue weighted by Crippen LogP contribution is 2.28. The van der Waals surface area contributed by atoms with Gasteiger partial charge in [-0.3, -0.25) is 4.90 Å². The largest absolute Gasteiger partial charge is 0.380 e. The van der Waals surface area contributed by atoms with E-state index in [0.29, 0.717) is 6.54 Å². The molecule has 1 fully saturated rings. The van der Waals surface area contributed by atoms with Gasteiger partial charge >= 0.3 is 0 Å². The minimum Gasteiger partial charge on any atom is -0.380 e. The van der Waals surface area contributed by atoms with Gasteiger partial charge in [-0.15, -0.1) is 11.3 Å². The second-order valence-electron chi connectivity index (χ2n) is 5.06. The van der Waals surface area contributed by atoms with Crippen molar-refractivity contribution < 1.29 is 4.74 Å². The van der Waals surface area contributed by atoms with Gasteiger partial charge in [-0.25, -0.2) is 0 Å². The molecule has 1 saturated carbocycles. The van der Waals surface area contributed by atoms with Crippen molar-refractivity contribution in [2.75, 3.05) is 33.4 Å². The monoisotopic (exact) mass is 278 g/mol. The fourth-order valence-electron chi connectivity index (χ4n) is 1.78. The molecular weight excluding hydrogens is 256 g/mol. The van der Waals surface area contributed by atoms with Gasteiger partial charge in [-0.1, -0.05) is 11.8 Å². The first-order valence-corrected chi connectivity index (χ1v) is 7.68. The van der Waals surface area contributed by atoms with Gasteiger partial charge in [-0.05, 0) is 31.9 Å². The first-order chi connectivity index (χ1) is 9.28. The van der Waals surface area contributed by atoms with Crippen LogP contribution in [0.4, 0.5) is 0 Å². The lowest BCUT2D eigenvalue weighted by molar-refractivity contribution is 0.102. The molecule has 0 bridgehead atoms. The third-order valence-electron chi connectivity index (χ3n) is 3.08. The number of nitrogens with zero attached hydrogens (tertiary/aromatic N) is 1. The summed E-state index contributed by atoms with van der Waals surface area (Å²) in [6, 6.07) is 2.15. The number of rotatable bonds is 7. The first-order valence-electron chi connectivity index (χ1n) is 6.80. The van der Waals surface area contributed by atoms with Crippen LogP contribution in [0.3, 0.4) is 0 Å². The van der Waals surface area contributed by atoms with E-state index in [-0.39, 0.29) is 0 Å². The number of thiophene rings is 1. The highest BCUT2D eigenvalue weighted by Gasteiger charge is 2.20. The van der Waals surface area contributed by atoms with Crippen LogP contribution in [0.25, 0.3) is 0 Å². The van der Waals surface area contributed by atoms with Gasteiger partial charge in [0.05, 0.1) is 13.2 Å². The van der Waals surface area contributed by atoms with Crippen molar-refractivity contribution in [2.24, 2.45) is 11.7 Å². The number of likely N-dealkylation sites (N-methyl/N-ethyl adjacent to an activating group) is 1. The molecule has 0 atom stereocenters. The second kappa shape index (κ2) is 7.66. The Morgan fingerprint density at radius 2 is 2.37 bits per heavy atom. The Morgan fingerprint density at radius 1 is 1.53 bits per heavy atom. The molecule has 1 aliphatic rings. The quantitative estimate of drug-likeness (QED) is 0.612. The molecule has 2 rings (SSSR count). The maximum atomic E-state index is 5.65. The van der Waals surface area contributed by atoms with Crippen molar-refractivity contribution >= 4 is 11.3 Å². The SMILES string of the molecule is CN(CCOCC1CC1)Cc1cc(C#CCN)cs1. The van der Waals surface area contributed by atoms with E-state index in [1.165, 1.54) is 17.7 Å². The minimum absolute atomic E-state index is 0.420. The van der Waals surface area contributed by atoms with E-state index < -0.39 is 0 Å². The van der Waals surface area contributed by atoms with Crippen LogP contribution in [0.1, 0.15) is 23.3 Å². The van der Waals surface area contributed by atoms with Crippen LogP contribution in [-0.2, 0) is 11.3 Å². The van der Waals surface area contributed by atoms with Crippen LogP contribution in [0.5, 0.6) is 0 Å². The van der Waals surface area contributed by atoms with Gasteiger partial charge in [0.1, 0.15) is 0 Å². The summed E-state index contributed by atoms with van der Waals surface area (Å²) in [5.41, 5.74) is 6.44. The molecule has 0 unspecified atom stereocenters. The van der Waals surface area contributed by atoms with E-state index in [1.54, 1.807) is 11.3 Å². The Morgan fingerprint density at radius 3 is 3.11 bits per heavy atom. The average molecular weight is 278 g/mol. The average Bonchev–Trinajstić information content (AvgIpc) is 3.12. The summed E-state index contributed by atoms with van der Waals surface area (Å²) in [5, 5.41) is 2.09. The zero-order valence-corrected chi connectivity index (χ0v) is 12.3. The smallest absolute Gasteiger partial charge is 0.0593 e. The predicted molar refractivity (Wildman–Crippen MR) is 80.1 cm³/mol. The molecule has 0 saturated heterocycles. The zero-order chi connectivity index (χ0) is 13.5. The van der Waals surface area contributed by atoms with E-state index in [1.807, 2.05) is 0 Å². The van der Waals surface area contributed by atoms with Crippen molar-refractivity contribution in [1.82, 2.24) is 4.90 Å². The topological polar surface area (TPSA) is 38.5 Å². The van der Waals surface area contributed by atoms with Gasteiger partial charge in [0.2, 0.25) is 0 Å². The normalized spacial score (nSPS) is 14.5. The summed E-state index contributed by atoms with van der Waals surface area (Å²) in [6.07, 6.45) is 2.72. The lowest BCUT2D eigenvalue weighted by Gasteiger charge is -2.15. The highest BCUT2D eigenvalue weighted by atomic mass is 32.1. The molecule has 1 aromatic rings. The zero-order valence-electron chi connectivity index (χ0n) is 11.5.